The summed E-state index contributed by atoms with van der Waals surface area (Å²) in [5.41, 5.74) is 0.655. The first-order chi connectivity index (χ1) is 13.4. The molecule has 1 fully saturated rings. The summed E-state index contributed by atoms with van der Waals surface area (Å²) in [6, 6.07) is 6.33. The lowest BCUT2D eigenvalue weighted by Crippen LogP contribution is -2.31. The van der Waals surface area contributed by atoms with Crippen LogP contribution in [0.3, 0.4) is 0 Å². The summed E-state index contributed by atoms with van der Waals surface area (Å²) in [4.78, 5) is 23.2. The molecule has 0 saturated carbocycles. The fraction of sp³-hybridized carbons (Fsp3) is 0.400. The Morgan fingerprint density at radius 1 is 1.11 bits per heavy atom. The lowest BCUT2D eigenvalue weighted by Gasteiger charge is -2.19. The fourth-order valence-electron chi connectivity index (χ4n) is 2.77. The van der Waals surface area contributed by atoms with E-state index in [0.29, 0.717) is 25.2 Å². The van der Waals surface area contributed by atoms with Gasteiger partial charge in [-0.1, -0.05) is 31.1 Å². The molecule has 1 aliphatic heterocycles. The molecule has 28 heavy (non-hydrogen) atoms. The van der Waals surface area contributed by atoms with Crippen molar-refractivity contribution in [3.63, 3.8) is 0 Å². The van der Waals surface area contributed by atoms with Gasteiger partial charge in [-0.3, -0.25) is 4.79 Å². The minimum absolute atomic E-state index is 0.244. The standard InChI is InChI=1S/C20H26N2O5S/c1-2-13-21-19(23)16-27-20(24)12-9-17-7-10-18(11-8-17)28(25,26)22-14-5-3-4-6-15-22/h2,7-12H,1,3-6,13-16H2,(H,21,23)/b12-9+. The average molecular weight is 407 g/mol. The van der Waals surface area contributed by atoms with Gasteiger partial charge in [0.15, 0.2) is 6.61 Å². The smallest absolute Gasteiger partial charge is 0.331 e. The number of rotatable bonds is 8. The summed E-state index contributed by atoms with van der Waals surface area (Å²) in [7, 11) is -3.49. The van der Waals surface area contributed by atoms with E-state index in [1.54, 1.807) is 16.4 Å². The second-order valence-corrected chi connectivity index (χ2v) is 8.36. The van der Waals surface area contributed by atoms with Crippen molar-refractivity contribution >= 4 is 28.0 Å². The number of sulfonamides is 1. The Kier molecular flexibility index (Phi) is 8.41. The number of carbonyl (C=O) groups excluding carboxylic acids is 2. The number of hydrogen-bond acceptors (Lipinski definition) is 5. The number of hydrogen-bond donors (Lipinski definition) is 1. The topological polar surface area (TPSA) is 92.8 Å². The quantitative estimate of drug-likeness (QED) is 0.405. The van der Waals surface area contributed by atoms with Crippen molar-refractivity contribution in [2.24, 2.45) is 0 Å². The lowest BCUT2D eigenvalue weighted by atomic mass is 10.2. The van der Waals surface area contributed by atoms with Gasteiger partial charge in [0.05, 0.1) is 4.90 Å². The van der Waals surface area contributed by atoms with Gasteiger partial charge in [-0.2, -0.15) is 4.31 Å². The highest BCUT2D eigenvalue weighted by Crippen LogP contribution is 2.20. The van der Waals surface area contributed by atoms with Crippen LogP contribution in [0.1, 0.15) is 31.2 Å². The van der Waals surface area contributed by atoms with Gasteiger partial charge < -0.3 is 10.1 Å². The van der Waals surface area contributed by atoms with Crippen LogP contribution in [-0.2, 0) is 24.3 Å². The van der Waals surface area contributed by atoms with E-state index in [1.807, 2.05) is 0 Å². The first-order valence-corrected chi connectivity index (χ1v) is 10.7. The lowest BCUT2D eigenvalue weighted by molar-refractivity contribution is -0.143. The molecule has 8 heteroatoms. The molecule has 0 radical (unpaired) electrons. The summed E-state index contributed by atoms with van der Waals surface area (Å²) in [5.74, 6) is -1.07. The van der Waals surface area contributed by atoms with E-state index in [-0.39, 0.29) is 11.5 Å². The monoisotopic (exact) mass is 406 g/mol. The third kappa shape index (κ3) is 6.61. The van der Waals surface area contributed by atoms with Gasteiger partial charge in [-0.15, -0.1) is 6.58 Å². The second kappa shape index (κ2) is 10.8. The zero-order valence-corrected chi connectivity index (χ0v) is 16.6. The Labute approximate surface area is 166 Å². The number of benzene rings is 1. The first kappa shape index (κ1) is 21.8. The predicted molar refractivity (Wildman–Crippen MR) is 107 cm³/mol. The van der Waals surface area contributed by atoms with E-state index in [9.17, 15) is 18.0 Å². The number of carbonyl (C=O) groups is 2. The summed E-state index contributed by atoms with van der Waals surface area (Å²) < 4.78 is 31.8. The second-order valence-electron chi connectivity index (χ2n) is 6.42. The molecule has 0 spiro atoms. The van der Waals surface area contributed by atoms with Gasteiger partial charge in [0.2, 0.25) is 10.0 Å². The van der Waals surface area contributed by atoms with Crippen molar-refractivity contribution in [2.75, 3.05) is 26.2 Å². The van der Waals surface area contributed by atoms with Crippen molar-refractivity contribution in [1.29, 1.82) is 0 Å². The van der Waals surface area contributed by atoms with Crippen LogP contribution in [0.4, 0.5) is 0 Å². The van der Waals surface area contributed by atoms with Crippen LogP contribution in [-0.4, -0.2) is 50.8 Å². The van der Waals surface area contributed by atoms with E-state index in [0.717, 1.165) is 25.7 Å². The maximum Gasteiger partial charge on any atom is 0.331 e. The highest BCUT2D eigenvalue weighted by molar-refractivity contribution is 7.89. The Morgan fingerprint density at radius 3 is 2.36 bits per heavy atom. The van der Waals surface area contributed by atoms with Gasteiger partial charge >= 0.3 is 5.97 Å². The summed E-state index contributed by atoms with van der Waals surface area (Å²) in [5, 5.41) is 2.49. The zero-order chi connectivity index (χ0) is 20.4. The van der Waals surface area contributed by atoms with Crippen LogP contribution >= 0.6 is 0 Å². The van der Waals surface area contributed by atoms with Crippen LogP contribution in [0.5, 0.6) is 0 Å². The van der Waals surface area contributed by atoms with Crippen molar-refractivity contribution in [3.8, 4) is 0 Å². The molecule has 0 bridgehead atoms. The van der Waals surface area contributed by atoms with E-state index in [1.165, 1.54) is 30.4 Å². The molecule has 0 aliphatic carbocycles. The molecule has 1 saturated heterocycles. The van der Waals surface area contributed by atoms with Crippen molar-refractivity contribution in [1.82, 2.24) is 9.62 Å². The number of nitrogens with zero attached hydrogens (tertiary/aromatic N) is 1. The molecule has 0 atom stereocenters. The molecular formula is C20H26N2O5S. The largest absolute Gasteiger partial charge is 0.452 e. The molecule has 1 heterocycles. The van der Waals surface area contributed by atoms with E-state index < -0.39 is 21.9 Å². The van der Waals surface area contributed by atoms with E-state index in [2.05, 4.69) is 11.9 Å². The maximum atomic E-state index is 12.7. The van der Waals surface area contributed by atoms with Gasteiger partial charge in [0.1, 0.15) is 0 Å². The van der Waals surface area contributed by atoms with Crippen molar-refractivity contribution < 1.29 is 22.7 Å². The molecule has 2 rings (SSSR count). The van der Waals surface area contributed by atoms with Gasteiger partial charge in [-0.25, -0.2) is 13.2 Å². The molecule has 1 aromatic carbocycles. The molecular weight excluding hydrogens is 380 g/mol. The Morgan fingerprint density at radius 2 is 1.75 bits per heavy atom. The van der Waals surface area contributed by atoms with Crippen LogP contribution < -0.4 is 5.32 Å². The molecule has 1 aromatic rings. The van der Waals surface area contributed by atoms with E-state index in [4.69, 9.17) is 4.74 Å². The molecule has 1 N–H and O–H groups in total. The Hall–Kier alpha value is -2.45. The summed E-state index contributed by atoms with van der Waals surface area (Å²) in [6.07, 6.45) is 8.10. The highest BCUT2D eigenvalue weighted by Gasteiger charge is 2.24. The van der Waals surface area contributed by atoms with Crippen LogP contribution in [0.25, 0.3) is 6.08 Å². The third-order valence-electron chi connectivity index (χ3n) is 4.28. The maximum absolute atomic E-state index is 12.7. The molecule has 1 aliphatic rings. The van der Waals surface area contributed by atoms with E-state index >= 15 is 0 Å². The third-order valence-corrected chi connectivity index (χ3v) is 6.20. The molecule has 0 aromatic heterocycles. The SMILES string of the molecule is C=CCNC(=O)COC(=O)/C=C/c1ccc(S(=O)(=O)N2CCCCCC2)cc1. The number of nitrogens with one attached hydrogen (secondary N) is 1. The Balaban J connectivity index is 1.92. The summed E-state index contributed by atoms with van der Waals surface area (Å²) >= 11 is 0. The average Bonchev–Trinajstić information content (AvgIpc) is 2.99. The minimum Gasteiger partial charge on any atom is -0.452 e. The number of ether oxygens (including phenoxy) is 1. The van der Waals surface area contributed by atoms with Gasteiger partial charge in [0, 0.05) is 25.7 Å². The number of esters is 1. The minimum atomic E-state index is -3.49. The first-order valence-electron chi connectivity index (χ1n) is 9.26. The normalized spacial score (nSPS) is 15.7. The Bertz CT molecular complexity index is 808. The number of amides is 1. The molecule has 0 unspecified atom stereocenters. The predicted octanol–water partition coefficient (Wildman–Crippen LogP) is 2.11. The fourth-order valence-corrected chi connectivity index (χ4v) is 4.29. The van der Waals surface area contributed by atoms with Gasteiger partial charge in [-0.05, 0) is 36.6 Å². The van der Waals surface area contributed by atoms with Crippen molar-refractivity contribution in [3.05, 3.63) is 48.6 Å². The van der Waals surface area contributed by atoms with Crippen LogP contribution in [0, 0.1) is 0 Å². The zero-order valence-electron chi connectivity index (χ0n) is 15.8. The van der Waals surface area contributed by atoms with Crippen LogP contribution in [0.2, 0.25) is 0 Å². The highest BCUT2D eigenvalue weighted by atomic mass is 32.2. The molecule has 7 nitrogen and oxygen atoms in total. The van der Waals surface area contributed by atoms with Gasteiger partial charge in [0.25, 0.3) is 5.91 Å². The molecule has 1 amide bonds. The molecule has 152 valence electrons. The van der Waals surface area contributed by atoms with Crippen LogP contribution in [0.15, 0.2) is 47.9 Å². The summed E-state index contributed by atoms with van der Waals surface area (Å²) in [6.45, 7) is 4.51. The van der Waals surface area contributed by atoms with Crippen molar-refractivity contribution in [2.45, 2.75) is 30.6 Å².